The molecule has 0 aliphatic carbocycles. The van der Waals surface area contributed by atoms with Gasteiger partial charge in [-0.15, -0.1) is 0 Å². The van der Waals surface area contributed by atoms with Crippen LogP contribution in [0.2, 0.25) is 0 Å². The van der Waals surface area contributed by atoms with E-state index in [1.165, 1.54) is 10.9 Å². The lowest BCUT2D eigenvalue weighted by atomic mass is 10.3. The molecule has 1 aromatic heterocycles. The van der Waals surface area contributed by atoms with E-state index in [4.69, 9.17) is 10.2 Å². The summed E-state index contributed by atoms with van der Waals surface area (Å²) in [6.07, 6.45) is 1.95. The SMILES string of the molecule is C.CCNCC.NC(O)=S.NC(O)=S.c1ccc2[nH]ccc2c1. The van der Waals surface area contributed by atoms with Crippen molar-refractivity contribution in [3.63, 3.8) is 0 Å². The molecule has 0 aliphatic heterocycles. The highest BCUT2D eigenvalue weighted by Crippen LogP contribution is 2.09. The van der Waals surface area contributed by atoms with Crippen LogP contribution in [0.15, 0.2) is 36.5 Å². The van der Waals surface area contributed by atoms with E-state index in [9.17, 15) is 0 Å². The summed E-state index contributed by atoms with van der Waals surface area (Å²) < 4.78 is 0. The third kappa shape index (κ3) is 22.5. The van der Waals surface area contributed by atoms with Crippen molar-refractivity contribution in [2.24, 2.45) is 11.5 Å². The first-order chi connectivity index (χ1) is 10.3. The smallest absolute Gasteiger partial charge is 0.251 e. The van der Waals surface area contributed by atoms with E-state index in [-0.39, 0.29) is 7.43 Å². The molecule has 1 aromatic carbocycles. The lowest BCUT2D eigenvalue weighted by Crippen LogP contribution is -2.09. The van der Waals surface area contributed by atoms with Gasteiger partial charge in [0.05, 0.1) is 0 Å². The summed E-state index contributed by atoms with van der Waals surface area (Å²) in [5.74, 6) is 0. The molecule has 8 N–H and O–H groups in total. The molecule has 6 nitrogen and oxygen atoms in total. The topological polar surface area (TPSA) is 120 Å². The van der Waals surface area contributed by atoms with Gasteiger partial charge in [-0.25, -0.2) is 0 Å². The quantitative estimate of drug-likeness (QED) is 0.455. The summed E-state index contributed by atoms with van der Waals surface area (Å²) in [6.45, 7) is 6.39. The van der Waals surface area contributed by atoms with Crippen LogP contribution in [0.3, 0.4) is 0 Å². The minimum atomic E-state index is -0.500. The number of nitrogens with one attached hydrogen (secondary N) is 2. The molecule has 132 valence electrons. The molecule has 0 amide bonds. The first-order valence-corrected chi connectivity index (χ1v) is 7.36. The molecule has 1 heterocycles. The molecule has 2 aromatic rings. The van der Waals surface area contributed by atoms with Crippen molar-refractivity contribution in [1.29, 1.82) is 0 Å². The number of aromatic amines is 1. The number of rotatable bonds is 2. The van der Waals surface area contributed by atoms with Crippen LogP contribution in [0.1, 0.15) is 21.3 Å². The summed E-state index contributed by atoms with van der Waals surface area (Å²) in [5, 5.41) is 18.5. The number of fused-ring (bicyclic) bond motifs is 1. The Morgan fingerprint density at radius 3 is 1.83 bits per heavy atom. The predicted molar refractivity (Wildman–Crippen MR) is 108 cm³/mol. The largest absolute Gasteiger partial charge is 0.487 e. The molecule has 0 saturated carbocycles. The van der Waals surface area contributed by atoms with E-state index in [2.05, 4.69) is 78.3 Å². The summed E-state index contributed by atoms with van der Waals surface area (Å²) in [7, 11) is 0. The molecule has 0 bridgehead atoms. The molecule has 0 aliphatic rings. The van der Waals surface area contributed by atoms with Crippen molar-refractivity contribution in [3.8, 4) is 0 Å². The molecule has 8 heteroatoms. The maximum Gasteiger partial charge on any atom is 0.251 e. The number of aliphatic hydroxyl groups is 2. The Hall–Kier alpha value is -1.90. The van der Waals surface area contributed by atoms with Crippen molar-refractivity contribution in [2.45, 2.75) is 21.3 Å². The molecule has 0 radical (unpaired) electrons. The Kier molecular flexibility index (Phi) is 20.5. The summed E-state index contributed by atoms with van der Waals surface area (Å²) in [6, 6.07) is 10.3. The first kappa shape index (κ1) is 26.0. The number of benzene rings is 1. The second-order valence-corrected chi connectivity index (χ2v) is 4.54. The Labute approximate surface area is 148 Å². The standard InChI is InChI=1S/C8H7N.C4H11N.2CH3NOS.CH4/c1-2-4-8-7(3-1)5-6-9-8;1-3-5-4-2;2*2-1(3)4;/h1-6,9H;5H,3-4H2,1-2H3;2*(H3,2,3,4);1H4. The number of thiocarbonyl (C=S) groups is 2. The molecule has 0 spiro atoms. The molecular weight excluding hydrogens is 332 g/mol. The van der Waals surface area contributed by atoms with Crippen LogP contribution in [-0.4, -0.2) is 38.6 Å². The minimum absolute atomic E-state index is 0. The van der Waals surface area contributed by atoms with Gasteiger partial charge in [-0.1, -0.05) is 39.5 Å². The Morgan fingerprint density at radius 1 is 1.04 bits per heavy atom. The van der Waals surface area contributed by atoms with Gasteiger partial charge >= 0.3 is 0 Å². The Bertz CT molecular complexity index is 481. The number of para-hydroxylation sites is 1. The van der Waals surface area contributed by atoms with E-state index in [1.54, 1.807) is 0 Å². The zero-order valence-electron chi connectivity index (χ0n) is 12.7. The van der Waals surface area contributed by atoms with Crippen LogP contribution in [0.4, 0.5) is 0 Å². The van der Waals surface area contributed by atoms with Gasteiger partial charge in [0, 0.05) is 11.7 Å². The summed E-state index contributed by atoms with van der Waals surface area (Å²) >= 11 is 7.74. The van der Waals surface area contributed by atoms with E-state index < -0.39 is 10.3 Å². The van der Waals surface area contributed by atoms with Crippen molar-refractivity contribution < 1.29 is 10.2 Å². The monoisotopic (exact) mass is 360 g/mol. The second kappa shape index (κ2) is 18.1. The number of nitrogens with two attached hydrogens (primary N) is 2. The van der Waals surface area contributed by atoms with Crippen LogP contribution in [0, 0.1) is 0 Å². The zero-order valence-corrected chi connectivity index (χ0v) is 14.4. The van der Waals surface area contributed by atoms with Crippen LogP contribution in [0.25, 0.3) is 10.9 Å². The van der Waals surface area contributed by atoms with Crippen molar-refractivity contribution in [2.75, 3.05) is 13.1 Å². The van der Waals surface area contributed by atoms with E-state index in [0.29, 0.717) is 0 Å². The van der Waals surface area contributed by atoms with Gasteiger partial charge in [0.25, 0.3) is 10.3 Å². The van der Waals surface area contributed by atoms with Gasteiger partial charge in [-0.05, 0) is 55.0 Å². The van der Waals surface area contributed by atoms with Crippen LogP contribution >= 0.6 is 24.4 Å². The van der Waals surface area contributed by atoms with Crippen molar-refractivity contribution >= 4 is 45.7 Å². The van der Waals surface area contributed by atoms with Gasteiger partial charge in [0.15, 0.2) is 0 Å². The van der Waals surface area contributed by atoms with Gasteiger partial charge in [-0.2, -0.15) is 0 Å². The lowest BCUT2D eigenvalue weighted by molar-refractivity contribution is 0.559. The Morgan fingerprint density at radius 2 is 1.48 bits per heavy atom. The molecular formula is C15H28N4O2S2. The van der Waals surface area contributed by atoms with Crippen molar-refractivity contribution in [1.82, 2.24) is 10.3 Å². The number of aromatic nitrogens is 1. The molecule has 2 rings (SSSR count). The molecule has 0 saturated heterocycles. The lowest BCUT2D eigenvalue weighted by Gasteiger charge is -1.86. The minimum Gasteiger partial charge on any atom is -0.487 e. The number of hydrogen-bond donors (Lipinski definition) is 6. The number of aliphatic hydroxyl groups excluding tert-OH is 2. The fourth-order valence-electron chi connectivity index (χ4n) is 1.25. The third-order valence-electron chi connectivity index (χ3n) is 1.96. The number of H-pyrrole nitrogens is 1. The van der Waals surface area contributed by atoms with E-state index >= 15 is 0 Å². The average molecular weight is 361 g/mol. The van der Waals surface area contributed by atoms with Gasteiger partial charge in [0.2, 0.25) is 0 Å². The number of hydrogen-bond acceptors (Lipinski definition) is 3. The maximum absolute atomic E-state index is 7.56. The van der Waals surface area contributed by atoms with Gasteiger partial charge in [0.1, 0.15) is 0 Å². The van der Waals surface area contributed by atoms with Crippen LogP contribution in [-0.2, 0) is 0 Å². The van der Waals surface area contributed by atoms with Gasteiger partial charge in [-0.3, -0.25) is 0 Å². The fourth-order valence-corrected chi connectivity index (χ4v) is 1.25. The van der Waals surface area contributed by atoms with Crippen molar-refractivity contribution in [3.05, 3.63) is 36.5 Å². The maximum atomic E-state index is 7.56. The normalized spacial score (nSPS) is 7.91. The molecule has 0 atom stereocenters. The second-order valence-electron chi connectivity index (χ2n) is 3.70. The molecule has 0 unspecified atom stereocenters. The van der Waals surface area contributed by atoms with Crippen LogP contribution in [0.5, 0.6) is 0 Å². The Balaban J connectivity index is -0.000000250. The summed E-state index contributed by atoms with van der Waals surface area (Å²) in [5.41, 5.74) is 10.0. The van der Waals surface area contributed by atoms with Crippen LogP contribution < -0.4 is 16.8 Å². The predicted octanol–water partition coefficient (Wildman–Crippen LogP) is 3.00. The first-order valence-electron chi connectivity index (χ1n) is 6.54. The fraction of sp³-hybridized carbons (Fsp3) is 0.333. The third-order valence-corrected chi connectivity index (χ3v) is 1.96. The highest BCUT2D eigenvalue weighted by atomic mass is 32.1. The highest BCUT2D eigenvalue weighted by Gasteiger charge is 1.86. The zero-order chi connectivity index (χ0) is 17.4. The van der Waals surface area contributed by atoms with E-state index in [0.717, 1.165) is 13.1 Å². The summed E-state index contributed by atoms with van der Waals surface area (Å²) in [4.78, 5) is 3.12. The molecule has 23 heavy (non-hydrogen) atoms. The highest BCUT2D eigenvalue weighted by molar-refractivity contribution is 7.80. The van der Waals surface area contributed by atoms with Gasteiger partial charge < -0.3 is 32.0 Å². The van der Waals surface area contributed by atoms with E-state index in [1.807, 2.05) is 18.3 Å². The average Bonchev–Trinajstić information content (AvgIpc) is 2.87. The molecule has 0 fully saturated rings.